The van der Waals surface area contributed by atoms with Crippen molar-refractivity contribution in [2.45, 2.75) is 51.5 Å². The molecule has 176 valence electrons. The Kier molecular flexibility index (Phi) is 9.83. The van der Waals surface area contributed by atoms with E-state index in [1.165, 1.54) is 6.92 Å². The second-order valence-corrected chi connectivity index (χ2v) is 8.89. The van der Waals surface area contributed by atoms with Gasteiger partial charge in [-0.1, -0.05) is 26.0 Å². The van der Waals surface area contributed by atoms with Gasteiger partial charge in [-0.05, 0) is 36.5 Å². The van der Waals surface area contributed by atoms with Crippen molar-refractivity contribution in [3.8, 4) is 0 Å². The fraction of sp³-hybridized carbons (Fsp3) is 0.545. The lowest BCUT2D eigenvalue weighted by molar-refractivity contribution is -0.130. The molecule has 1 aromatic rings. The summed E-state index contributed by atoms with van der Waals surface area (Å²) in [7, 11) is 0. The van der Waals surface area contributed by atoms with Gasteiger partial charge in [0.15, 0.2) is 0 Å². The van der Waals surface area contributed by atoms with E-state index in [0.717, 1.165) is 18.4 Å². The molecule has 3 N–H and O–H groups in total. The van der Waals surface area contributed by atoms with E-state index in [-0.39, 0.29) is 31.1 Å². The maximum absolute atomic E-state index is 12.2. The molecule has 1 unspecified atom stereocenters. The number of ether oxygens (including phenoxy) is 1. The normalized spacial score (nSPS) is 15.1. The van der Waals surface area contributed by atoms with Crippen LogP contribution in [-0.4, -0.2) is 59.6 Å². The number of nitrogens with one attached hydrogen (secondary N) is 3. The van der Waals surface area contributed by atoms with Crippen molar-refractivity contribution < 1.29 is 23.9 Å². The zero-order valence-electron chi connectivity index (χ0n) is 18.7. The number of benzene rings is 1. The number of hydrogen-bond donors (Lipinski definition) is 4. The first-order valence-electron chi connectivity index (χ1n) is 10.7. The van der Waals surface area contributed by atoms with E-state index in [1.54, 1.807) is 29.2 Å². The highest BCUT2D eigenvalue weighted by molar-refractivity contribution is 7.80. The van der Waals surface area contributed by atoms with Crippen molar-refractivity contribution in [3.63, 3.8) is 0 Å². The second kappa shape index (κ2) is 12.3. The summed E-state index contributed by atoms with van der Waals surface area (Å²) in [4.78, 5) is 49.4. The van der Waals surface area contributed by atoms with Gasteiger partial charge in [0.2, 0.25) is 17.7 Å². The molecular formula is C22H32N4O5S. The zero-order valence-corrected chi connectivity index (χ0v) is 19.6. The van der Waals surface area contributed by atoms with Crippen LogP contribution < -0.4 is 16.0 Å². The van der Waals surface area contributed by atoms with Gasteiger partial charge in [-0.25, -0.2) is 4.79 Å². The van der Waals surface area contributed by atoms with Crippen LogP contribution in [0.25, 0.3) is 0 Å². The Balaban J connectivity index is 1.75. The number of carbonyl (C=O) groups is 4. The van der Waals surface area contributed by atoms with Gasteiger partial charge in [-0.2, -0.15) is 12.6 Å². The molecule has 0 aliphatic carbocycles. The zero-order chi connectivity index (χ0) is 23.7. The highest BCUT2D eigenvalue weighted by Crippen LogP contribution is 2.17. The molecule has 9 nitrogen and oxygen atoms in total. The number of amides is 4. The summed E-state index contributed by atoms with van der Waals surface area (Å²) in [6, 6.07) is 6.21. The molecule has 0 aromatic heterocycles. The fourth-order valence-electron chi connectivity index (χ4n) is 3.21. The third-order valence-electron chi connectivity index (χ3n) is 5.05. The number of anilines is 1. The third kappa shape index (κ3) is 8.41. The number of thiol groups is 1. The number of piperidine rings is 1. The van der Waals surface area contributed by atoms with Gasteiger partial charge >= 0.3 is 6.09 Å². The van der Waals surface area contributed by atoms with Gasteiger partial charge in [0.25, 0.3) is 0 Å². The Hall–Kier alpha value is -2.75. The van der Waals surface area contributed by atoms with Crippen LogP contribution in [0.2, 0.25) is 0 Å². The Morgan fingerprint density at radius 2 is 1.75 bits per heavy atom. The van der Waals surface area contributed by atoms with Crippen molar-refractivity contribution in [2.24, 2.45) is 5.92 Å². The summed E-state index contributed by atoms with van der Waals surface area (Å²) in [6.45, 7) is 6.18. The second-order valence-electron chi connectivity index (χ2n) is 8.16. The predicted molar refractivity (Wildman–Crippen MR) is 124 cm³/mol. The van der Waals surface area contributed by atoms with Crippen LogP contribution in [0, 0.1) is 5.92 Å². The average Bonchev–Trinajstić information content (AvgIpc) is 2.75. The van der Waals surface area contributed by atoms with Gasteiger partial charge in [-0.15, -0.1) is 0 Å². The molecule has 1 heterocycles. The lowest BCUT2D eigenvalue weighted by atomic mass is 10.0. The Bertz CT molecular complexity index is 807. The minimum atomic E-state index is -0.702. The molecular weight excluding hydrogens is 432 g/mol. The Labute approximate surface area is 194 Å². The molecule has 4 amide bonds. The van der Waals surface area contributed by atoms with Crippen LogP contribution >= 0.6 is 12.6 Å². The topological polar surface area (TPSA) is 117 Å². The van der Waals surface area contributed by atoms with Crippen LogP contribution in [0.5, 0.6) is 0 Å². The molecule has 1 aliphatic rings. The molecule has 32 heavy (non-hydrogen) atoms. The van der Waals surface area contributed by atoms with Crippen LogP contribution in [-0.2, 0) is 25.7 Å². The Morgan fingerprint density at radius 1 is 1.12 bits per heavy atom. The van der Waals surface area contributed by atoms with Gasteiger partial charge in [0, 0.05) is 31.0 Å². The molecule has 0 saturated carbocycles. The molecule has 1 saturated heterocycles. The first-order valence-corrected chi connectivity index (χ1v) is 11.2. The SMILES string of the molecule is CC(=O)NC(C(=O)NCC(=O)Nc1ccc(COC(=O)N2CCC(S)CC2)cc1)C(C)C. The standard InChI is InChI=1S/C22H32N4O5S/c1-14(2)20(24-15(3)27)21(29)23-12-19(28)25-17-6-4-16(5-7-17)13-31-22(30)26-10-8-18(32)9-11-26/h4-7,14,18,20,32H,8-13H2,1-3H3,(H,23,29)(H,24,27)(H,25,28). The van der Waals surface area contributed by atoms with E-state index >= 15 is 0 Å². The van der Waals surface area contributed by atoms with Crippen LogP contribution in [0.1, 0.15) is 39.2 Å². The number of hydrogen-bond acceptors (Lipinski definition) is 6. The van der Waals surface area contributed by atoms with Crippen molar-refractivity contribution in [2.75, 3.05) is 25.0 Å². The highest BCUT2D eigenvalue weighted by atomic mass is 32.1. The maximum Gasteiger partial charge on any atom is 0.410 e. The summed E-state index contributed by atoms with van der Waals surface area (Å²) in [5.74, 6) is -1.23. The van der Waals surface area contributed by atoms with Crippen molar-refractivity contribution in [1.82, 2.24) is 15.5 Å². The Morgan fingerprint density at radius 3 is 2.31 bits per heavy atom. The van der Waals surface area contributed by atoms with E-state index in [1.807, 2.05) is 13.8 Å². The van der Waals surface area contributed by atoms with E-state index < -0.39 is 17.9 Å². The first-order chi connectivity index (χ1) is 15.2. The fourth-order valence-corrected chi connectivity index (χ4v) is 3.44. The number of rotatable bonds is 8. The van der Waals surface area contributed by atoms with Crippen molar-refractivity contribution >= 4 is 42.1 Å². The lowest BCUT2D eigenvalue weighted by Gasteiger charge is -2.29. The molecule has 1 aliphatic heterocycles. The highest BCUT2D eigenvalue weighted by Gasteiger charge is 2.23. The van der Waals surface area contributed by atoms with E-state index in [9.17, 15) is 19.2 Å². The predicted octanol–water partition coefficient (Wildman–Crippen LogP) is 1.93. The molecule has 0 radical (unpaired) electrons. The van der Waals surface area contributed by atoms with E-state index in [0.29, 0.717) is 24.0 Å². The summed E-state index contributed by atoms with van der Waals surface area (Å²) in [6.07, 6.45) is 1.38. The molecule has 2 rings (SSSR count). The average molecular weight is 465 g/mol. The number of nitrogens with zero attached hydrogens (tertiary/aromatic N) is 1. The quantitative estimate of drug-likeness (QED) is 0.439. The van der Waals surface area contributed by atoms with Crippen LogP contribution in [0.15, 0.2) is 24.3 Å². The van der Waals surface area contributed by atoms with E-state index in [4.69, 9.17) is 4.74 Å². The van der Waals surface area contributed by atoms with Gasteiger partial charge in [0.05, 0.1) is 6.54 Å². The molecule has 0 spiro atoms. The molecule has 10 heteroatoms. The minimum Gasteiger partial charge on any atom is -0.445 e. The van der Waals surface area contributed by atoms with Gasteiger partial charge in [-0.3, -0.25) is 14.4 Å². The van der Waals surface area contributed by atoms with Gasteiger partial charge < -0.3 is 25.6 Å². The lowest BCUT2D eigenvalue weighted by Crippen LogP contribution is -2.50. The monoisotopic (exact) mass is 464 g/mol. The third-order valence-corrected chi connectivity index (χ3v) is 5.57. The molecule has 0 bridgehead atoms. The number of carbonyl (C=O) groups excluding carboxylic acids is 4. The van der Waals surface area contributed by atoms with Crippen molar-refractivity contribution in [1.29, 1.82) is 0 Å². The summed E-state index contributed by atoms with van der Waals surface area (Å²) < 4.78 is 5.36. The smallest absolute Gasteiger partial charge is 0.410 e. The molecule has 1 atom stereocenters. The van der Waals surface area contributed by atoms with E-state index in [2.05, 4.69) is 28.6 Å². The first kappa shape index (κ1) is 25.5. The largest absolute Gasteiger partial charge is 0.445 e. The van der Waals surface area contributed by atoms with Crippen molar-refractivity contribution in [3.05, 3.63) is 29.8 Å². The minimum absolute atomic E-state index is 0.113. The van der Waals surface area contributed by atoms with Crippen LogP contribution in [0.4, 0.5) is 10.5 Å². The van der Waals surface area contributed by atoms with Gasteiger partial charge in [0.1, 0.15) is 12.6 Å². The summed E-state index contributed by atoms with van der Waals surface area (Å²) in [5.41, 5.74) is 1.35. The molecule has 1 fully saturated rings. The molecule has 1 aromatic carbocycles. The summed E-state index contributed by atoms with van der Waals surface area (Å²) in [5, 5.41) is 8.14. The number of likely N-dealkylation sites (tertiary alicyclic amines) is 1. The maximum atomic E-state index is 12.2. The van der Waals surface area contributed by atoms with Crippen LogP contribution in [0.3, 0.4) is 0 Å². The summed E-state index contributed by atoms with van der Waals surface area (Å²) >= 11 is 4.42.